The summed E-state index contributed by atoms with van der Waals surface area (Å²) in [5.41, 5.74) is 2.31. The molecule has 0 aliphatic carbocycles. The number of aromatic nitrogens is 3. The van der Waals surface area contributed by atoms with Crippen LogP contribution in [0.25, 0.3) is 0 Å². The Morgan fingerprint density at radius 1 is 0.905 bits per heavy atom. The highest BCUT2D eigenvalue weighted by molar-refractivity contribution is 7.71. The summed E-state index contributed by atoms with van der Waals surface area (Å²) in [6.07, 6.45) is 1.63. The molecule has 0 radical (unpaired) electrons. The minimum absolute atomic E-state index is 0.00139. The van der Waals surface area contributed by atoms with E-state index in [0.29, 0.717) is 10.6 Å². The van der Waals surface area contributed by atoms with Crippen molar-refractivity contribution >= 4 is 18.0 Å². The lowest BCUT2D eigenvalue weighted by Gasteiger charge is -2.20. The van der Waals surface area contributed by atoms with Gasteiger partial charge in [-0.15, -0.1) is 0 Å². The second kappa shape index (κ2) is 6.28. The molecular weight excluding hydrogens is 280 g/mol. The fraction of sp³-hybridized carbons (Fsp3) is 0.0625. The minimum atomic E-state index is -0.00139. The molecule has 0 aliphatic heterocycles. The number of nitrogens with zero attached hydrogens (tertiary/aromatic N) is 2. The van der Waals surface area contributed by atoms with Crippen molar-refractivity contribution in [3.8, 4) is 0 Å². The van der Waals surface area contributed by atoms with Crippen molar-refractivity contribution in [2.75, 3.05) is 5.32 Å². The molecule has 3 aromatic rings. The normalized spacial score (nSPS) is 10.5. The molecule has 0 atom stereocenters. The van der Waals surface area contributed by atoms with Gasteiger partial charge < -0.3 is 5.32 Å². The first kappa shape index (κ1) is 13.5. The molecule has 104 valence electrons. The van der Waals surface area contributed by atoms with Crippen LogP contribution in [0.1, 0.15) is 17.2 Å². The molecule has 3 rings (SSSR count). The highest BCUT2D eigenvalue weighted by Crippen LogP contribution is 2.25. The molecule has 2 N–H and O–H groups in total. The van der Waals surface area contributed by atoms with Crippen LogP contribution < -0.4 is 5.32 Å². The minimum Gasteiger partial charge on any atom is -0.358 e. The van der Waals surface area contributed by atoms with Gasteiger partial charge in [0.1, 0.15) is 5.82 Å². The fourth-order valence-electron chi connectivity index (χ4n) is 2.18. The summed E-state index contributed by atoms with van der Waals surface area (Å²) < 4.78 is 0.361. The lowest BCUT2D eigenvalue weighted by atomic mass is 9.99. The first-order valence-corrected chi connectivity index (χ1v) is 7.02. The molecule has 1 aromatic heterocycles. The third kappa shape index (κ3) is 3.32. The van der Waals surface area contributed by atoms with Gasteiger partial charge in [0.15, 0.2) is 0 Å². The van der Waals surface area contributed by atoms with Gasteiger partial charge in [-0.1, -0.05) is 60.7 Å². The number of H-pyrrole nitrogens is 1. The highest BCUT2D eigenvalue weighted by Gasteiger charge is 2.14. The van der Waals surface area contributed by atoms with Crippen LogP contribution in [0.5, 0.6) is 0 Å². The van der Waals surface area contributed by atoms with Gasteiger partial charge in [0.25, 0.3) is 0 Å². The average Bonchev–Trinajstić information content (AvgIpc) is 2.54. The Balaban J connectivity index is 1.99. The SMILES string of the molecule is S=c1nc(NC(c2ccccc2)c2ccccc2)cn[nH]1. The maximum atomic E-state index is 5.02. The van der Waals surface area contributed by atoms with E-state index in [2.05, 4.69) is 44.8 Å². The predicted octanol–water partition coefficient (Wildman–Crippen LogP) is 3.74. The van der Waals surface area contributed by atoms with Gasteiger partial charge >= 0.3 is 0 Å². The summed E-state index contributed by atoms with van der Waals surface area (Å²) in [6.45, 7) is 0. The zero-order chi connectivity index (χ0) is 14.5. The largest absolute Gasteiger partial charge is 0.358 e. The third-order valence-corrected chi connectivity index (χ3v) is 3.31. The molecule has 4 nitrogen and oxygen atoms in total. The molecule has 0 bridgehead atoms. The molecule has 2 aromatic carbocycles. The van der Waals surface area contributed by atoms with E-state index in [1.165, 1.54) is 0 Å². The topological polar surface area (TPSA) is 53.6 Å². The van der Waals surface area contributed by atoms with Crippen LogP contribution in [-0.2, 0) is 0 Å². The van der Waals surface area contributed by atoms with Gasteiger partial charge in [0.05, 0.1) is 12.2 Å². The van der Waals surface area contributed by atoms with E-state index in [-0.39, 0.29) is 6.04 Å². The molecule has 0 saturated carbocycles. The zero-order valence-corrected chi connectivity index (χ0v) is 12.0. The number of aromatic amines is 1. The molecule has 0 saturated heterocycles. The molecule has 0 aliphatic rings. The van der Waals surface area contributed by atoms with Crippen LogP contribution in [0.2, 0.25) is 0 Å². The van der Waals surface area contributed by atoms with Crippen molar-refractivity contribution in [3.63, 3.8) is 0 Å². The van der Waals surface area contributed by atoms with E-state index in [9.17, 15) is 0 Å². The molecule has 0 fully saturated rings. The van der Waals surface area contributed by atoms with Gasteiger partial charge in [-0.05, 0) is 23.3 Å². The molecular formula is C16H14N4S. The molecule has 21 heavy (non-hydrogen) atoms. The lowest BCUT2D eigenvalue weighted by Crippen LogP contribution is -2.13. The van der Waals surface area contributed by atoms with E-state index in [1.54, 1.807) is 6.20 Å². The van der Waals surface area contributed by atoms with Crippen LogP contribution in [0, 0.1) is 4.77 Å². The zero-order valence-electron chi connectivity index (χ0n) is 11.2. The van der Waals surface area contributed by atoms with Crippen molar-refractivity contribution in [1.29, 1.82) is 0 Å². The number of hydrogen-bond acceptors (Lipinski definition) is 4. The predicted molar refractivity (Wildman–Crippen MR) is 85.6 cm³/mol. The Morgan fingerprint density at radius 2 is 1.48 bits per heavy atom. The smallest absolute Gasteiger partial charge is 0.215 e. The summed E-state index contributed by atoms with van der Waals surface area (Å²) in [4.78, 5) is 4.25. The van der Waals surface area contributed by atoms with Crippen molar-refractivity contribution in [2.45, 2.75) is 6.04 Å². The molecule has 0 amide bonds. The van der Waals surface area contributed by atoms with Crippen LogP contribution in [0.4, 0.5) is 5.82 Å². The van der Waals surface area contributed by atoms with E-state index in [4.69, 9.17) is 12.2 Å². The van der Waals surface area contributed by atoms with Crippen molar-refractivity contribution in [3.05, 3.63) is 82.8 Å². The number of benzene rings is 2. The Kier molecular flexibility index (Phi) is 4.02. The summed E-state index contributed by atoms with van der Waals surface area (Å²) in [5, 5.41) is 10.0. The molecule has 0 unspecified atom stereocenters. The van der Waals surface area contributed by atoms with Gasteiger partial charge in [-0.3, -0.25) is 5.10 Å². The van der Waals surface area contributed by atoms with Crippen molar-refractivity contribution < 1.29 is 0 Å². The Hall–Kier alpha value is -2.53. The summed E-state index contributed by atoms with van der Waals surface area (Å²) >= 11 is 5.02. The van der Waals surface area contributed by atoms with Gasteiger partial charge in [0, 0.05) is 0 Å². The maximum Gasteiger partial charge on any atom is 0.215 e. The van der Waals surface area contributed by atoms with Crippen molar-refractivity contribution in [2.24, 2.45) is 0 Å². The number of rotatable bonds is 4. The second-order valence-electron chi connectivity index (χ2n) is 4.57. The first-order chi connectivity index (χ1) is 10.3. The van der Waals surface area contributed by atoms with Crippen LogP contribution in [0.15, 0.2) is 66.9 Å². The average molecular weight is 294 g/mol. The van der Waals surface area contributed by atoms with Gasteiger partial charge in [-0.25, -0.2) is 4.98 Å². The summed E-state index contributed by atoms with van der Waals surface area (Å²) in [5.74, 6) is 0.649. The second-order valence-corrected chi connectivity index (χ2v) is 4.96. The van der Waals surface area contributed by atoms with Gasteiger partial charge in [-0.2, -0.15) is 5.10 Å². The Bertz CT molecular complexity index is 716. The number of nitrogens with one attached hydrogen (secondary N) is 2. The molecule has 1 heterocycles. The Labute approximate surface area is 127 Å². The monoisotopic (exact) mass is 294 g/mol. The molecule has 5 heteroatoms. The van der Waals surface area contributed by atoms with Crippen LogP contribution in [0.3, 0.4) is 0 Å². The highest BCUT2D eigenvalue weighted by atomic mass is 32.1. The number of anilines is 1. The van der Waals surface area contributed by atoms with Crippen LogP contribution >= 0.6 is 12.2 Å². The quantitative estimate of drug-likeness (QED) is 0.720. The van der Waals surface area contributed by atoms with E-state index in [0.717, 1.165) is 11.1 Å². The van der Waals surface area contributed by atoms with Crippen molar-refractivity contribution in [1.82, 2.24) is 15.2 Å². The van der Waals surface area contributed by atoms with E-state index >= 15 is 0 Å². The summed E-state index contributed by atoms with van der Waals surface area (Å²) in [6, 6.07) is 20.4. The van der Waals surface area contributed by atoms with E-state index < -0.39 is 0 Å². The maximum absolute atomic E-state index is 5.02. The summed E-state index contributed by atoms with van der Waals surface area (Å²) in [7, 11) is 0. The first-order valence-electron chi connectivity index (χ1n) is 6.61. The van der Waals surface area contributed by atoms with Crippen LogP contribution in [-0.4, -0.2) is 15.2 Å². The lowest BCUT2D eigenvalue weighted by molar-refractivity contribution is 0.890. The number of hydrogen-bond donors (Lipinski definition) is 2. The van der Waals surface area contributed by atoms with Gasteiger partial charge in [0.2, 0.25) is 4.77 Å². The third-order valence-electron chi connectivity index (χ3n) is 3.13. The standard InChI is InChI=1S/C16H14N4S/c21-16-19-14(11-17-20-16)18-15(12-7-3-1-4-8-12)13-9-5-2-6-10-13/h1-11,15H,(H2,18,19,20,21). The fourth-order valence-corrected chi connectivity index (χ4v) is 2.33. The van der Waals surface area contributed by atoms with E-state index in [1.807, 2.05) is 36.4 Å². The molecule has 0 spiro atoms. The Morgan fingerprint density at radius 3 is 2.00 bits per heavy atom.